The molecule has 1 saturated heterocycles. The fraction of sp³-hybridized carbons (Fsp3) is 1.00. The molecule has 3 heteroatoms. The van der Waals surface area contributed by atoms with Crippen molar-refractivity contribution in [3.8, 4) is 0 Å². The Balaban J connectivity index is 1.59. The average Bonchev–Trinajstić information content (AvgIpc) is 2.52. The summed E-state index contributed by atoms with van der Waals surface area (Å²) in [7, 11) is 0. The molecule has 0 bridgehead atoms. The lowest BCUT2D eigenvalue weighted by molar-refractivity contribution is -0.0473. The SMILES string of the molecule is CC(I)CCC(C)CCC1CCC(C2CCC(O)CC2)CO1. The number of aliphatic hydroxyl groups is 1. The Morgan fingerprint density at radius 1 is 0.955 bits per heavy atom. The first-order chi connectivity index (χ1) is 10.5. The highest BCUT2D eigenvalue weighted by Gasteiger charge is 2.30. The molecule has 0 radical (unpaired) electrons. The van der Waals surface area contributed by atoms with Crippen molar-refractivity contribution in [2.24, 2.45) is 17.8 Å². The number of aliphatic hydroxyl groups excluding tert-OH is 1. The van der Waals surface area contributed by atoms with Gasteiger partial charge in [-0.1, -0.05) is 36.4 Å². The molecule has 0 amide bonds. The number of hydrogen-bond donors (Lipinski definition) is 1. The third-order valence-electron chi connectivity index (χ3n) is 5.85. The second-order valence-corrected chi connectivity index (χ2v) is 10.0. The average molecular weight is 422 g/mol. The first-order valence-electron chi connectivity index (χ1n) is 9.48. The van der Waals surface area contributed by atoms with Crippen molar-refractivity contribution >= 4 is 22.6 Å². The molecular weight excluding hydrogens is 387 g/mol. The van der Waals surface area contributed by atoms with E-state index in [-0.39, 0.29) is 6.10 Å². The van der Waals surface area contributed by atoms with Crippen LogP contribution in [0.2, 0.25) is 0 Å². The van der Waals surface area contributed by atoms with Gasteiger partial charge in [0.15, 0.2) is 0 Å². The number of ether oxygens (including phenoxy) is 1. The molecule has 1 aliphatic heterocycles. The smallest absolute Gasteiger partial charge is 0.0575 e. The van der Waals surface area contributed by atoms with Crippen molar-refractivity contribution in [1.29, 1.82) is 0 Å². The maximum atomic E-state index is 9.64. The normalized spacial score (nSPS) is 36.0. The van der Waals surface area contributed by atoms with Gasteiger partial charge in [0.1, 0.15) is 0 Å². The van der Waals surface area contributed by atoms with Gasteiger partial charge in [0.2, 0.25) is 0 Å². The summed E-state index contributed by atoms with van der Waals surface area (Å²) in [6, 6.07) is 0. The zero-order valence-corrected chi connectivity index (χ0v) is 16.6. The third kappa shape index (κ3) is 6.64. The van der Waals surface area contributed by atoms with Crippen LogP contribution >= 0.6 is 22.6 Å². The van der Waals surface area contributed by atoms with Gasteiger partial charge in [0.25, 0.3) is 0 Å². The lowest BCUT2D eigenvalue weighted by Crippen LogP contribution is -2.33. The van der Waals surface area contributed by atoms with Gasteiger partial charge >= 0.3 is 0 Å². The van der Waals surface area contributed by atoms with Gasteiger partial charge in [0, 0.05) is 3.92 Å². The first-order valence-corrected chi connectivity index (χ1v) is 10.7. The van der Waals surface area contributed by atoms with Crippen molar-refractivity contribution in [3.05, 3.63) is 0 Å². The number of hydrogen-bond acceptors (Lipinski definition) is 2. The Morgan fingerprint density at radius 3 is 2.23 bits per heavy atom. The lowest BCUT2D eigenvalue weighted by atomic mass is 9.76. The molecule has 4 atom stereocenters. The van der Waals surface area contributed by atoms with Crippen LogP contribution in [-0.4, -0.2) is 27.8 Å². The monoisotopic (exact) mass is 422 g/mol. The van der Waals surface area contributed by atoms with Crippen LogP contribution in [-0.2, 0) is 4.74 Å². The molecule has 22 heavy (non-hydrogen) atoms. The van der Waals surface area contributed by atoms with Crippen LogP contribution in [0.5, 0.6) is 0 Å². The predicted molar refractivity (Wildman–Crippen MR) is 102 cm³/mol. The summed E-state index contributed by atoms with van der Waals surface area (Å²) in [6.45, 7) is 5.69. The van der Waals surface area contributed by atoms with Crippen LogP contribution in [0.4, 0.5) is 0 Å². The maximum Gasteiger partial charge on any atom is 0.0575 e. The Hall–Kier alpha value is 0.650. The molecule has 2 nitrogen and oxygen atoms in total. The molecule has 0 aromatic heterocycles. The van der Waals surface area contributed by atoms with Gasteiger partial charge in [0.05, 0.1) is 18.8 Å². The molecule has 130 valence electrons. The second kappa shape index (κ2) is 9.83. The second-order valence-electron chi connectivity index (χ2n) is 7.90. The molecule has 1 heterocycles. The van der Waals surface area contributed by atoms with E-state index < -0.39 is 0 Å². The van der Waals surface area contributed by atoms with Gasteiger partial charge in [-0.2, -0.15) is 0 Å². The molecule has 1 aliphatic carbocycles. The zero-order valence-electron chi connectivity index (χ0n) is 14.5. The van der Waals surface area contributed by atoms with E-state index in [0.29, 0.717) is 6.10 Å². The predicted octanol–water partition coefficient (Wildman–Crippen LogP) is 5.35. The van der Waals surface area contributed by atoms with E-state index in [1.54, 1.807) is 0 Å². The highest BCUT2D eigenvalue weighted by Crippen LogP contribution is 2.36. The van der Waals surface area contributed by atoms with Crippen LogP contribution < -0.4 is 0 Å². The number of halogens is 1. The molecule has 1 saturated carbocycles. The summed E-state index contributed by atoms with van der Waals surface area (Å²) in [5.74, 6) is 2.42. The summed E-state index contributed by atoms with van der Waals surface area (Å²) < 4.78 is 6.99. The molecule has 0 aromatic carbocycles. The van der Waals surface area contributed by atoms with E-state index in [2.05, 4.69) is 36.4 Å². The Morgan fingerprint density at radius 2 is 1.64 bits per heavy atom. The van der Waals surface area contributed by atoms with Crippen molar-refractivity contribution in [1.82, 2.24) is 0 Å². The van der Waals surface area contributed by atoms with Crippen LogP contribution in [0.3, 0.4) is 0 Å². The standard InChI is InChI=1S/C19H35IO2/c1-14(3-5-15(2)20)4-11-19-12-8-17(13-22-19)16-6-9-18(21)10-7-16/h14-19,21H,3-13H2,1-2H3. The van der Waals surface area contributed by atoms with E-state index >= 15 is 0 Å². The van der Waals surface area contributed by atoms with Gasteiger partial charge in [-0.3, -0.25) is 0 Å². The molecule has 2 aliphatic rings. The highest BCUT2D eigenvalue weighted by atomic mass is 127. The van der Waals surface area contributed by atoms with Gasteiger partial charge in [-0.15, -0.1) is 0 Å². The van der Waals surface area contributed by atoms with Crippen LogP contribution in [0, 0.1) is 17.8 Å². The summed E-state index contributed by atoms with van der Waals surface area (Å²) in [6.07, 6.45) is 12.9. The van der Waals surface area contributed by atoms with Gasteiger partial charge in [-0.25, -0.2) is 0 Å². The zero-order chi connectivity index (χ0) is 15.9. The Bertz CT molecular complexity index is 292. The minimum atomic E-state index is -0.0275. The molecule has 0 spiro atoms. The van der Waals surface area contributed by atoms with Crippen molar-refractivity contribution in [2.45, 2.75) is 94.2 Å². The maximum absolute atomic E-state index is 9.64. The molecule has 2 fully saturated rings. The summed E-state index contributed by atoms with van der Waals surface area (Å²) in [5.41, 5.74) is 0. The third-order valence-corrected chi connectivity index (χ3v) is 6.47. The lowest BCUT2D eigenvalue weighted by Gasteiger charge is -2.37. The van der Waals surface area contributed by atoms with Crippen LogP contribution in [0.15, 0.2) is 0 Å². The van der Waals surface area contributed by atoms with Crippen LogP contribution in [0.1, 0.15) is 78.1 Å². The fourth-order valence-electron chi connectivity index (χ4n) is 4.13. The Kier molecular flexibility index (Phi) is 8.48. The van der Waals surface area contributed by atoms with Crippen molar-refractivity contribution < 1.29 is 9.84 Å². The molecule has 0 aromatic rings. The summed E-state index contributed by atoms with van der Waals surface area (Å²) >= 11 is 2.53. The minimum Gasteiger partial charge on any atom is -0.393 e. The highest BCUT2D eigenvalue weighted by molar-refractivity contribution is 14.1. The Labute approximate surface area is 150 Å². The van der Waals surface area contributed by atoms with Crippen LogP contribution in [0.25, 0.3) is 0 Å². The van der Waals surface area contributed by atoms with Gasteiger partial charge in [-0.05, 0) is 82.0 Å². The summed E-state index contributed by atoms with van der Waals surface area (Å²) in [5, 5.41) is 9.64. The number of rotatable bonds is 7. The quantitative estimate of drug-likeness (QED) is 0.443. The topological polar surface area (TPSA) is 29.5 Å². The summed E-state index contributed by atoms with van der Waals surface area (Å²) in [4.78, 5) is 0. The number of alkyl halides is 1. The van der Waals surface area contributed by atoms with Gasteiger partial charge < -0.3 is 9.84 Å². The van der Waals surface area contributed by atoms with Crippen molar-refractivity contribution in [2.75, 3.05) is 6.61 Å². The largest absolute Gasteiger partial charge is 0.393 e. The van der Waals surface area contributed by atoms with E-state index in [9.17, 15) is 5.11 Å². The molecule has 2 rings (SSSR count). The first kappa shape index (κ1) is 19.0. The molecular formula is C19H35IO2. The molecule has 4 unspecified atom stereocenters. The van der Waals surface area contributed by atoms with E-state index in [4.69, 9.17) is 4.74 Å². The fourth-order valence-corrected chi connectivity index (χ4v) is 4.49. The molecule has 1 N–H and O–H groups in total. The van der Waals surface area contributed by atoms with E-state index in [1.165, 1.54) is 51.4 Å². The van der Waals surface area contributed by atoms with E-state index in [1.807, 2.05) is 0 Å². The van der Waals surface area contributed by atoms with E-state index in [0.717, 1.165) is 41.1 Å². The minimum absolute atomic E-state index is 0.0275. The van der Waals surface area contributed by atoms with Crippen molar-refractivity contribution in [3.63, 3.8) is 0 Å².